The topological polar surface area (TPSA) is 49.6 Å². The minimum Gasteiger partial charge on any atom is -0.398 e. The van der Waals surface area contributed by atoms with Crippen LogP contribution in [0.15, 0.2) is 18.2 Å². The molecule has 4 nitrogen and oxygen atoms in total. The zero-order chi connectivity index (χ0) is 13.2. The molecule has 1 aromatic rings. The second-order valence-electron chi connectivity index (χ2n) is 5.42. The maximum atomic E-state index is 11.6. The van der Waals surface area contributed by atoms with Crippen LogP contribution in [0.1, 0.15) is 24.8 Å². The van der Waals surface area contributed by atoms with E-state index in [1.807, 2.05) is 17.0 Å². The van der Waals surface area contributed by atoms with E-state index >= 15 is 0 Å². The molecule has 19 heavy (non-hydrogen) atoms. The molecule has 1 saturated heterocycles. The summed E-state index contributed by atoms with van der Waals surface area (Å²) in [6.45, 7) is 3.75. The van der Waals surface area contributed by atoms with Gasteiger partial charge < -0.3 is 15.5 Å². The molecular weight excluding hydrogens is 238 g/mol. The molecule has 2 aliphatic rings. The fraction of sp³-hybridized carbons (Fsp3) is 0.533. The number of fused-ring (bicyclic) bond motifs is 1. The van der Waals surface area contributed by atoms with Gasteiger partial charge in [-0.05, 0) is 37.0 Å². The zero-order valence-corrected chi connectivity index (χ0v) is 11.3. The lowest BCUT2D eigenvalue weighted by Gasteiger charge is -2.33. The van der Waals surface area contributed by atoms with Crippen LogP contribution in [0.2, 0.25) is 0 Å². The van der Waals surface area contributed by atoms with Crippen LogP contribution < -0.4 is 10.6 Å². The first-order valence-corrected chi connectivity index (χ1v) is 7.16. The van der Waals surface area contributed by atoms with Crippen molar-refractivity contribution in [1.82, 2.24) is 4.90 Å². The summed E-state index contributed by atoms with van der Waals surface area (Å²) in [5, 5.41) is 0. The van der Waals surface area contributed by atoms with E-state index in [0.717, 1.165) is 57.5 Å². The van der Waals surface area contributed by atoms with E-state index in [2.05, 4.69) is 11.0 Å². The fourth-order valence-corrected chi connectivity index (χ4v) is 3.14. The highest BCUT2D eigenvalue weighted by Crippen LogP contribution is 2.31. The molecule has 1 amide bonds. The van der Waals surface area contributed by atoms with Gasteiger partial charge in [-0.2, -0.15) is 0 Å². The third-order valence-electron chi connectivity index (χ3n) is 4.19. The number of hydrogen-bond acceptors (Lipinski definition) is 3. The van der Waals surface area contributed by atoms with E-state index in [1.165, 1.54) is 11.3 Å². The first kappa shape index (κ1) is 12.3. The smallest absolute Gasteiger partial charge is 0.222 e. The average Bonchev–Trinajstić information content (AvgIpc) is 2.82. The van der Waals surface area contributed by atoms with Crippen molar-refractivity contribution in [1.29, 1.82) is 0 Å². The number of likely N-dealkylation sites (tertiary alicyclic amines) is 1. The predicted octanol–water partition coefficient (Wildman–Crippen LogP) is 1.64. The molecule has 3 rings (SSSR count). The van der Waals surface area contributed by atoms with Crippen molar-refractivity contribution in [3.8, 4) is 0 Å². The standard InChI is InChI=1S/C15H21N3O/c16-13-5-1-6-14-12(13)4-2-8-17(14)10-11-18-9-3-7-15(18)19/h1,5-6H,2-4,7-11,16H2. The van der Waals surface area contributed by atoms with Gasteiger partial charge in [-0.1, -0.05) is 6.07 Å². The Labute approximate surface area is 114 Å². The Morgan fingerprint density at radius 1 is 1.05 bits per heavy atom. The van der Waals surface area contributed by atoms with Crippen molar-refractivity contribution >= 4 is 17.3 Å². The van der Waals surface area contributed by atoms with E-state index in [-0.39, 0.29) is 0 Å². The normalized spacial score (nSPS) is 18.8. The van der Waals surface area contributed by atoms with Gasteiger partial charge in [-0.25, -0.2) is 0 Å². The number of nitrogens with zero attached hydrogens (tertiary/aromatic N) is 2. The molecule has 0 saturated carbocycles. The lowest BCUT2D eigenvalue weighted by atomic mass is 10.00. The van der Waals surface area contributed by atoms with E-state index in [4.69, 9.17) is 5.73 Å². The maximum absolute atomic E-state index is 11.6. The van der Waals surface area contributed by atoms with Crippen LogP contribution >= 0.6 is 0 Å². The molecule has 0 aliphatic carbocycles. The molecule has 0 bridgehead atoms. The lowest BCUT2D eigenvalue weighted by molar-refractivity contribution is -0.127. The monoisotopic (exact) mass is 259 g/mol. The second kappa shape index (κ2) is 5.11. The minimum absolute atomic E-state index is 0.310. The molecule has 2 N–H and O–H groups in total. The summed E-state index contributed by atoms with van der Waals surface area (Å²) in [4.78, 5) is 16.0. The first-order chi connectivity index (χ1) is 9.25. The Hall–Kier alpha value is -1.71. The molecule has 0 aromatic heterocycles. The molecule has 2 heterocycles. The number of rotatable bonds is 3. The van der Waals surface area contributed by atoms with Crippen LogP contribution in [0.25, 0.3) is 0 Å². The van der Waals surface area contributed by atoms with Crippen LogP contribution in [0.5, 0.6) is 0 Å². The highest BCUT2D eigenvalue weighted by molar-refractivity contribution is 5.78. The van der Waals surface area contributed by atoms with Gasteiger partial charge in [0.1, 0.15) is 0 Å². The Balaban J connectivity index is 1.70. The van der Waals surface area contributed by atoms with Gasteiger partial charge in [0.25, 0.3) is 0 Å². The van der Waals surface area contributed by atoms with Crippen molar-refractivity contribution < 1.29 is 4.79 Å². The van der Waals surface area contributed by atoms with E-state index in [0.29, 0.717) is 5.91 Å². The maximum Gasteiger partial charge on any atom is 0.222 e. The number of hydrogen-bond donors (Lipinski definition) is 1. The lowest BCUT2D eigenvalue weighted by Crippen LogP contribution is -2.38. The van der Waals surface area contributed by atoms with Crippen LogP contribution in [-0.4, -0.2) is 37.0 Å². The molecule has 0 unspecified atom stereocenters. The number of benzene rings is 1. The Morgan fingerprint density at radius 2 is 1.79 bits per heavy atom. The van der Waals surface area contributed by atoms with Gasteiger partial charge in [-0.15, -0.1) is 0 Å². The Kier molecular flexibility index (Phi) is 3.32. The zero-order valence-electron chi connectivity index (χ0n) is 11.3. The van der Waals surface area contributed by atoms with E-state index in [9.17, 15) is 4.79 Å². The van der Waals surface area contributed by atoms with E-state index in [1.54, 1.807) is 0 Å². The van der Waals surface area contributed by atoms with Crippen molar-refractivity contribution in [3.05, 3.63) is 23.8 Å². The Morgan fingerprint density at radius 3 is 2.58 bits per heavy atom. The number of carbonyl (C=O) groups is 1. The average molecular weight is 259 g/mol. The van der Waals surface area contributed by atoms with Crippen molar-refractivity contribution in [2.45, 2.75) is 25.7 Å². The van der Waals surface area contributed by atoms with E-state index < -0.39 is 0 Å². The Bertz CT molecular complexity index is 486. The molecule has 4 heteroatoms. The third kappa shape index (κ3) is 2.39. The quantitative estimate of drug-likeness (QED) is 0.840. The van der Waals surface area contributed by atoms with Crippen molar-refractivity contribution in [2.75, 3.05) is 36.8 Å². The van der Waals surface area contributed by atoms with Gasteiger partial charge >= 0.3 is 0 Å². The molecule has 1 aromatic carbocycles. The SMILES string of the molecule is Nc1cccc2c1CCCN2CCN1CCCC1=O. The largest absolute Gasteiger partial charge is 0.398 e. The van der Waals surface area contributed by atoms with Gasteiger partial charge in [0.05, 0.1) is 0 Å². The second-order valence-corrected chi connectivity index (χ2v) is 5.42. The summed E-state index contributed by atoms with van der Waals surface area (Å²) in [6.07, 6.45) is 3.96. The summed E-state index contributed by atoms with van der Waals surface area (Å²) in [5.41, 5.74) is 9.50. The van der Waals surface area contributed by atoms with Gasteiger partial charge in [0.15, 0.2) is 0 Å². The van der Waals surface area contributed by atoms with Crippen molar-refractivity contribution in [2.24, 2.45) is 0 Å². The molecular formula is C15H21N3O. The minimum atomic E-state index is 0.310. The predicted molar refractivity (Wildman–Crippen MR) is 77.2 cm³/mol. The number of nitrogens with two attached hydrogens (primary N) is 1. The fourth-order valence-electron chi connectivity index (χ4n) is 3.14. The van der Waals surface area contributed by atoms with Gasteiger partial charge in [0, 0.05) is 44.0 Å². The van der Waals surface area contributed by atoms with Crippen LogP contribution in [-0.2, 0) is 11.2 Å². The van der Waals surface area contributed by atoms with Crippen LogP contribution in [0.3, 0.4) is 0 Å². The first-order valence-electron chi connectivity index (χ1n) is 7.16. The van der Waals surface area contributed by atoms with Gasteiger partial charge in [0.2, 0.25) is 5.91 Å². The molecule has 102 valence electrons. The molecule has 0 radical (unpaired) electrons. The summed E-state index contributed by atoms with van der Waals surface area (Å²) in [6, 6.07) is 6.15. The van der Waals surface area contributed by atoms with Crippen LogP contribution in [0.4, 0.5) is 11.4 Å². The highest BCUT2D eigenvalue weighted by Gasteiger charge is 2.22. The number of anilines is 2. The van der Waals surface area contributed by atoms with Crippen LogP contribution in [0, 0.1) is 0 Å². The van der Waals surface area contributed by atoms with Crippen molar-refractivity contribution in [3.63, 3.8) is 0 Å². The number of amides is 1. The summed E-state index contributed by atoms with van der Waals surface area (Å²) < 4.78 is 0. The third-order valence-corrected chi connectivity index (χ3v) is 4.19. The molecule has 1 fully saturated rings. The number of carbonyl (C=O) groups excluding carboxylic acids is 1. The highest BCUT2D eigenvalue weighted by atomic mass is 16.2. The molecule has 0 spiro atoms. The summed E-state index contributed by atoms with van der Waals surface area (Å²) >= 11 is 0. The number of nitrogen functional groups attached to an aromatic ring is 1. The molecule has 0 atom stereocenters. The summed E-state index contributed by atoms with van der Waals surface area (Å²) in [5.74, 6) is 0.310. The summed E-state index contributed by atoms with van der Waals surface area (Å²) in [7, 11) is 0. The van der Waals surface area contributed by atoms with Gasteiger partial charge in [-0.3, -0.25) is 4.79 Å². The molecule has 2 aliphatic heterocycles.